The number of nitriles is 1. The summed E-state index contributed by atoms with van der Waals surface area (Å²) < 4.78 is 0. The minimum absolute atomic E-state index is 0.112. The second-order valence-corrected chi connectivity index (χ2v) is 3.85. The fourth-order valence-corrected chi connectivity index (χ4v) is 1.87. The van der Waals surface area contributed by atoms with Crippen LogP contribution in [0.2, 0.25) is 0 Å². The Balaban J connectivity index is 2.58. The molecule has 0 saturated heterocycles. The first-order valence-corrected chi connectivity index (χ1v) is 5.60. The number of nitro benzene ring substituents is 1. The van der Waals surface area contributed by atoms with Crippen molar-refractivity contribution in [2.24, 2.45) is 0 Å². The van der Waals surface area contributed by atoms with Gasteiger partial charge in [0.15, 0.2) is 0 Å². The zero-order chi connectivity index (χ0) is 14.0. The van der Waals surface area contributed by atoms with E-state index in [9.17, 15) is 15.2 Å². The highest BCUT2D eigenvalue weighted by Gasteiger charge is 2.26. The summed E-state index contributed by atoms with van der Waals surface area (Å²) in [4.78, 5) is 15.6. The van der Waals surface area contributed by atoms with Crippen LogP contribution in [0.25, 0.3) is 5.76 Å². The average molecular weight is 261 g/mol. The van der Waals surface area contributed by atoms with Crippen molar-refractivity contribution in [3.63, 3.8) is 0 Å². The molecule has 0 aromatic heterocycles. The van der Waals surface area contributed by atoms with Crippen molar-refractivity contribution in [1.82, 2.24) is 0 Å². The van der Waals surface area contributed by atoms with Gasteiger partial charge >= 0.3 is 0 Å². The van der Waals surface area contributed by atoms with Gasteiger partial charge in [0.05, 0.1) is 29.3 Å². The molecule has 1 aliphatic rings. The molecule has 0 radical (unpaired) electrons. The molecule has 7 heteroatoms. The van der Waals surface area contributed by atoms with Crippen molar-refractivity contribution in [2.75, 3.05) is 18.2 Å². The molecule has 0 unspecified atom stereocenters. The first kappa shape index (κ1) is 12.9. The predicted octanol–water partition coefficient (Wildman–Crippen LogP) is 2.16. The number of hydroxylamine groups is 1. The second kappa shape index (κ2) is 4.96. The van der Waals surface area contributed by atoms with Crippen LogP contribution in [0.15, 0.2) is 23.8 Å². The first-order valence-electron chi connectivity index (χ1n) is 5.60. The van der Waals surface area contributed by atoms with Crippen LogP contribution in [0.4, 0.5) is 11.4 Å². The number of benzene rings is 1. The van der Waals surface area contributed by atoms with Crippen molar-refractivity contribution in [3.05, 3.63) is 39.4 Å². The normalized spacial score (nSPS) is 14.0. The third kappa shape index (κ3) is 2.21. The molecule has 0 saturated carbocycles. The Morgan fingerprint density at radius 1 is 1.63 bits per heavy atom. The highest BCUT2D eigenvalue weighted by atomic mass is 16.7. The number of hydrogen-bond donors (Lipinski definition) is 1. The number of aliphatic hydroxyl groups excluding tert-OH is 1. The molecule has 0 spiro atoms. The molecule has 0 bridgehead atoms. The maximum atomic E-state index is 10.7. The van der Waals surface area contributed by atoms with E-state index in [1.54, 1.807) is 6.92 Å². The second-order valence-electron chi connectivity index (χ2n) is 3.85. The summed E-state index contributed by atoms with van der Waals surface area (Å²) in [5.74, 6) is -0.239. The summed E-state index contributed by atoms with van der Waals surface area (Å²) in [6.07, 6.45) is 0. The minimum Gasteiger partial charge on any atom is -0.506 e. The highest BCUT2D eigenvalue weighted by Crippen LogP contribution is 2.35. The van der Waals surface area contributed by atoms with Gasteiger partial charge in [-0.2, -0.15) is 5.26 Å². The molecule has 1 heterocycles. The van der Waals surface area contributed by atoms with E-state index in [0.717, 1.165) is 0 Å². The molecule has 7 nitrogen and oxygen atoms in total. The summed E-state index contributed by atoms with van der Waals surface area (Å²) in [5, 5.41) is 31.1. The number of hydrogen-bond acceptors (Lipinski definition) is 6. The Hall–Kier alpha value is -2.59. The lowest BCUT2D eigenvalue weighted by Crippen LogP contribution is -2.30. The van der Waals surface area contributed by atoms with Crippen molar-refractivity contribution in [3.8, 4) is 6.07 Å². The summed E-state index contributed by atoms with van der Waals surface area (Å²) in [6, 6.07) is 5.92. The Morgan fingerprint density at radius 3 is 2.95 bits per heavy atom. The molecule has 0 aliphatic carbocycles. The van der Waals surface area contributed by atoms with Gasteiger partial charge in [-0.15, -0.1) is 0 Å². The highest BCUT2D eigenvalue weighted by molar-refractivity contribution is 5.81. The molecular weight excluding hydrogens is 250 g/mol. The Labute approximate surface area is 109 Å². The zero-order valence-corrected chi connectivity index (χ0v) is 10.2. The van der Waals surface area contributed by atoms with Gasteiger partial charge in [-0.05, 0) is 13.0 Å². The number of fused-ring (bicyclic) bond motifs is 1. The third-order valence-electron chi connectivity index (χ3n) is 2.72. The summed E-state index contributed by atoms with van der Waals surface area (Å²) >= 11 is 0. The van der Waals surface area contributed by atoms with E-state index in [1.807, 2.05) is 6.07 Å². The minimum atomic E-state index is -0.556. The van der Waals surface area contributed by atoms with Crippen LogP contribution < -0.4 is 5.06 Å². The standard InChI is InChI=1S/C12H11N3O4/c1-2-19-14-7-8(6-13)12(16)10-5-9(15(17)18)3-4-11(10)14/h3-5,16H,2,7H2,1H3. The van der Waals surface area contributed by atoms with Crippen LogP contribution >= 0.6 is 0 Å². The van der Waals surface area contributed by atoms with Crippen LogP contribution in [-0.2, 0) is 4.84 Å². The monoisotopic (exact) mass is 261 g/mol. The predicted molar refractivity (Wildman–Crippen MR) is 67.2 cm³/mol. The van der Waals surface area contributed by atoms with Crippen LogP contribution in [0.1, 0.15) is 12.5 Å². The van der Waals surface area contributed by atoms with Crippen LogP contribution in [0.3, 0.4) is 0 Å². The SMILES string of the molecule is CCON1CC(C#N)=C(O)c2cc([N+](=O)[O-])ccc21. The molecular formula is C12H11N3O4. The first-order chi connectivity index (χ1) is 9.08. The van der Waals surface area contributed by atoms with Crippen molar-refractivity contribution in [1.29, 1.82) is 5.26 Å². The molecule has 98 valence electrons. The summed E-state index contributed by atoms with van der Waals surface area (Å²) in [5.41, 5.74) is 0.691. The van der Waals surface area contributed by atoms with Gasteiger partial charge in [0.2, 0.25) is 0 Å². The Bertz CT molecular complexity index is 603. The average Bonchev–Trinajstić information content (AvgIpc) is 2.41. The van der Waals surface area contributed by atoms with Gasteiger partial charge in [-0.1, -0.05) is 0 Å². The quantitative estimate of drug-likeness (QED) is 0.661. The maximum absolute atomic E-state index is 10.7. The maximum Gasteiger partial charge on any atom is 0.270 e. The van der Waals surface area contributed by atoms with Crippen LogP contribution in [0.5, 0.6) is 0 Å². The molecule has 1 aromatic carbocycles. The molecule has 1 N–H and O–H groups in total. The van der Waals surface area contributed by atoms with E-state index in [0.29, 0.717) is 12.3 Å². The summed E-state index contributed by atoms with van der Waals surface area (Å²) in [6.45, 7) is 2.28. The molecule has 0 atom stereocenters. The topological polar surface area (TPSA) is 99.6 Å². The molecule has 2 rings (SSSR count). The lowest BCUT2D eigenvalue weighted by atomic mass is 10.0. The van der Waals surface area contributed by atoms with E-state index in [1.165, 1.54) is 23.3 Å². The van der Waals surface area contributed by atoms with E-state index in [2.05, 4.69) is 0 Å². The van der Waals surface area contributed by atoms with Crippen LogP contribution in [-0.4, -0.2) is 23.2 Å². The van der Waals surface area contributed by atoms with Gasteiger partial charge in [0, 0.05) is 17.7 Å². The largest absolute Gasteiger partial charge is 0.506 e. The Kier molecular flexibility index (Phi) is 3.35. The lowest BCUT2D eigenvalue weighted by molar-refractivity contribution is -0.384. The van der Waals surface area contributed by atoms with E-state index in [-0.39, 0.29) is 29.1 Å². The van der Waals surface area contributed by atoms with Crippen molar-refractivity contribution >= 4 is 17.1 Å². The van der Waals surface area contributed by atoms with Gasteiger partial charge < -0.3 is 5.11 Å². The molecule has 1 aromatic rings. The lowest BCUT2D eigenvalue weighted by Gasteiger charge is -2.29. The number of nitro groups is 1. The van der Waals surface area contributed by atoms with Crippen molar-refractivity contribution < 1.29 is 14.9 Å². The van der Waals surface area contributed by atoms with E-state index < -0.39 is 4.92 Å². The Morgan fingerprint density at radius 2 is 2.37 bits per heavy atom. The van der Waals surface area contributed by atoms with Crippen molar-refractivity contribution in [2.45, 2.75) is 6.92 Å². The molecule has 19 heavy (non-hydrogen) atoms. The number of non-ortho nitro benzene ring substituents is 1. The number of rotatable bonds is 3. The molecule has 1 aliphatic heterocycles. The summed E-state index contributed by atoms with van der Waals surface area (Å²) in [7, 11) is 0. The third-order valence-corrected chi connectivity index (χ3v) is 2.72. The fourth-order valence-electron chi connectivity index (χ4n) is 1.87. The smallest absolute Gasteiger partial charge is 0.270 e. The van der Waals surface area contributed by atoms with Gasteiger partial charge in [0.25, 0.3) is 5.69 Å². The van der Waals surface area contributed by atoms with Gasteiger partial charge in [-0.3, -0.25) is 15.0 Å². The van der Waals surface area contributed by atoms with Gasteiger partial charge in [0.1, 0.15) is 11.8 Å². The van der Waals surface area contributed by atoms with Crippen LogP contribution in [0, 0.1) is 21.4 Å². The number of anilines is 1. The fraction of sp³-hybridized carbons (Fsp3) is 0.250. The zero-order valence-electron chi connectivity index (χ0n) is 10.2. The van der Waals surface area contributed by atoms with E-state index >= 15 is 0 Å². The number of nitrogens with zero attached hydrogens (tertiary/aromatic N) is 3. The van der Waals surface area contributed by atoms with E-state index in [4.69, 9.17) is 10.1 Å². The van der Waals surface area contributed by atoms with Gasteiger partial charge in [-0.25, -0.2) is 5.06 Å². The molecule has 0 amide bonds. The molecule has 0 fully saturated rings. The number of aliphatic hydroxyl groups is 1.